The van der Waals surface area contributed by atoms with E-state index in [0.717, 1.165) is 25.7 Å². The van der Waals surface area contributed by atoms with Gasteiger partial charge in [0.15, 0.2) is 0 Å². The Balaban J connectivity index is 0.00000225. The highest BCUT2D eigenvalue weighted by molar-refractivity contribution is 5.90. The summed E-state index contributed by atoms with van der Waals surface area (Å²) in [6, 6.07) is 6.75. The van der Waals surface area contributed by atoms with Gasteiger partial charge in [-0.3, -0.25) is 4.79 Å². The molecule has 2 unspecified atom stereocenters. The molecule has 0 aliphatic heterocycles. The number of nitrogens with zero attached hydrogens (tertiary/aromatic N) is 3. The Hall–Kier alpha value is -1.99. The molecular formula is C20H27ClFN5O. The van der Waals surface area contributed by atoms with Crippen LogP contribution in [0.15, 0.2) is 24.3 Å². The Kier molecular flexibility index (Phi) is 6.35. The van der Waals surface area contributed by atoms with Crippen LogP contribution in [0.5, 0.6) is 0 Å². The molecule has 8 heteroatoms. The minimum absolute atomic E-state index is 0. The molecule has 0 saturated heterocycles. The van der Waals surface area contributed by atoms with Gasteiger partial charge >= 0.3 is 0 Å². The van der Waals surface area contributed by atoms with Gasteiger partial charge in [-0.2, -0.15) is 0 Å². The first-order valence-electron chi connectivity index (χ1n) is 9.84. The summed E-state index contributed by atoms with van der Waals surface area (Å²) in [5.74, 6) is 0.850. The lowest BCUT2D eigenvalue weighted by Crippen LogP contribution is -2.53. The predicted molar refractivity (Wildman–Crippen MR) is 107 cm³/mol. The van der Waals surface area contributed by atoms with Gasteiger partial charge in [-0.25, -0.2) is 14.1 Å². The van der Waals surface area contributed by atoms with Crippen LogP contribution in [0.4, 0.5) is 4.39 Å². The van der Waals surface area contributed by atoms with Gasteiger partial charge in [-0.15, -0.1) is 17.5 Å². The second-order valence-corrected chi connectivity index (χ2v) is 7.75. The highest BCUT2D eigenvalue weighted by Gasteiger charge is 2.40. The monoisotopic (exact) mass is 407 g/mol. The lowest BCUT2D eigenvalue weighted by atomic mass is 9.67. The third-order valence-electron chi connectivity index (χ3n) is 5.95. The molecule has 2 aromatic rings. The van der Waals surface area contributed by atoms with Gasteiger partial charge in [0.05, 0.1) is 0 Å². The molecule has 1 aromatic heterocycles. The van der Waals surface area contributed by atoms with Crippen molar-refractivity contribution in [3.63, 3.8) is 0 Å². The maximum absolute atomic E-state index is 14.2. The molecular weight excluding hydrogens is 381 g/mol. The molecule has 2 aliphatic carbocycles. The Morgan fingerprint density at radius 1 is 1.29 bits per heavy atom. The summed E-state index contributed by atoms with van der Waals surface area (Å²) in [4.78, 5) is 17.2. The van der Waals surface area contributed by atoms with Crippen molar-refractivity contribution in [2.24, 2.45) is 17.6 Å². The van der Waals surface area contributed by atoms with Crippen LogP contribution in [0.2, 0.25) is 0 Å². The van der Waals surface area contributed by atoms with Crippen LogP contribution in [-0.2, 0) is 6.42 Å². The number of rotatable bonds is 4. The number of aromatic nitrogens is 3. The van der Waals surface area contributed by atoms with Gasteiger partial charge in [-0.1, -0.05) is 25.5 Å². The largest absolute Gasteiger partial charge is 0.346 e. The number of aryl methyl sites for hydroxylation is 1. The first kappa shape index (κ1) is 20.7. The molecule has 2 fully saturated rings. The summed E-state index contributed by atoms with van der Waals surface area (Å²) in [7, 11) is 0. The smallest absolute Gasteiger partial charge is 0.291 e. The first-order chi connectivity index (χ1) is 13.1. The summed E-state index contributed by atoms with van der Waals surface area (Å²) in [6.07, 6.45) is 5.88. The van der Waals surface area contributed by atoms with Crippen molar-refractivity contribution in [2.45, 2.75) is 57.5 Å². The molecule has 1 aromatic carbocycles. The molecule has 1 amide bonds. The van der Waals surface area contributed by atoms with Gasteiger partial charge < -0.3 is 11.1 Å². The SMILES string of the molecule is CCc1nc(C(=O)NC2C3CCCC2CC(N)C3)nn1-c1ccccc1F.Cl. The quantitative estimate of drug-likeness (QED) is 0.815. The van der Waals surface area contributed by atoms with E-state index in [1.165, 1.54) is 17.2 Å². The zero-order valence-electron chi connectivity index (χ0n) is 16.0. The summed E-state index contributed by atoms with van der Waals surface area (Å²) in [5.41, 5.74) is 6.48. The second-order valence-electron chi connectivity index (χ2n) is 7.75. The van der Waals surface area contributed by atoms with E-state index in [4.69, 9.17) is 5.73 Å². The number of fused-ring (bicyclic) bond motifs is 2. The minimum atomic E-state index is -0.389. The van der Waals surface area contributed by atoms with Crippen LogP contribution in [0.3, 0.4) is 0 Å². The van der Waals surface area contributed by atoms with E-state index in [-0.39, 0.29) is 42.0 Å². The number of halogens is 2. The summed E-state index contributed by atoms with van der Waals surface area (Å²) in [5, 5.41) is 7.48. The normalized spacial score (nSPS) is 26.4. The van der Waals surface area contributed by atoms with Crippen LogP contribution < -0.4 is 11.1 Å². The Labute approximate surface area is 170 Å². The molecule has 2 aliphatic rings. The Morgan fingerprint density at radius 3 is 2.61 bits per heavy atom. The van der Waals surface area contributed by atoms with Crippen LogP contribution >= 0.6 is 12.4 Å². The minimum Gasteiger partial charge on any atom is -0.346 e. The van der Waals surface area contributed by atoms with E-state index >= 15 is 0 Å². The number of benzene rings is 1. The van der Waals surface area contributed by atoms with Crippen molar-refractivity contribution in [1.82, 2.24) is 20.1 Å². The van der Waals surface area contributed by atoms with Crippen LogP contribution in [-0.4, -0.2) is 32.8 Å². The first-order valence-corrected chi connectivity index (χ1v) is 9.84. The molecule has 0 radical (unpaired) electrons. The molecule has 4 rings (SSSR count). The highest BCUT2D eigenvalue weighted by atomic mass is 35.5. The fourth-order valence-corrected chi connectivity index (χ4v) is 4.73. The molecule has 6 nitrogen and oxygen atoms in total. The summed E-state index contributed by atoms with van der Waals surface area (Å²) < 4.78 is 15.6. The molecule has 28 heavy (non-hydrogen) atoms. The number of carbonyl (C=O) groups is 1. The molecule has 2 saturated carbocycles. The van der Waals surface area contributed by atoms with Crippen molar-refractivity contribution in [3.8, 4) is 5.69 Å². The number of amides is 1. The van der Waals surface area contributed by atoms with Crippen molar-refractivity contribution in [1.29, 1.82) is 0 Å². The fraction of sp³-hybridized carbons (Fsp3) is 0.550. The number of nitrogens with one attached hydrogen (secondary N) is 1. The molecule has 152 valence electrons. The van der Waals surface area contributed by atoms with Crippen LogP contribution in [0.25, 0.3) is 5.69 Å². The van der Waals surface area contributed by atoms with Crippen LogP contribution in [0.1, 0.15) is 55.5 Å². The molecule has 0 spiro atoms. The second kappa shape index (κ2) is 8.57. The Morgan fingerprint density at radius 2 is 1.96 bits per heavy atom. The van der Waals surface area contributed by atoms with E-state index in [2.05, 4.69) is 15.4 Å². The third-order valence-corrected chi connectivity index (χ3v) is 5.95. The van der Waals surface area contributed by atoms with Gasteiger partial charge in [-0.05, 0) is 49.7 Å². The maximum Gasteiger partial charge on any atom is 0.291 e. The average molecular weight is 408 g/mol. The summed E-state index contributed by atoms with van der Waals surface area (Å²) in [6.45, 7) is 1.91. The third kappa shape index (κ3) is 3.91. The van der Waals surface area contributed by atoms with E-state index in [9.17, 15) is 9.18 Å². The number of hydrogen-bond acceptors (Lipinski definition) is 4. The van der Waals surface area contributed by atoms with Crippen molar-refractivity contribution < 1.29 is 9.18 Å². The van der Waals surface area contributed by atoms with Gasteiger partial charge in [0.1, 0.15) is 17.3 Å². The fourth-order valence-electron chi connectivity index (χ4n) is 4.73. The van der Waals surface area contributed by atoms with Gasteiger partial charge in [0.25, 0.3) is 5.91 Å². The van der Waals surface area contributed by atoms with Crippen LogP contribution in [0, 0.1) is 17.7 Å². The van der Waals surface area contributed by atoms with Crippen molar-refractivity contribution in [2.75, 3.05) is 0 Å². The zero-order chi connectivity index (χ0) is 19.0. The van der Waals surface area contributed by atoms with Gasteiger partial charge in [0, 0.05) is 18.5 Å². The van der Waals surface area contributed by atoms with Gasteiger partial charge in [0.2, 0.25) is 5.82 Å². The topological polar surface area (TPSA) is 85.8 Å². The lowest BCUT2D eigenvalue weighted by Gasteiger charge is -2.45. The average Bonchev–Trinajstić information content (AvgIpc) is 3.07. The van der Waals surface area contributed by atoms with Crippen molar-refractivity contribution >= 4 is 18.3 Å². The molecule has 3 N–H and O–H groups in total. The zero-order valence-corrected chi connectivity index (χ0v) is 16.8. The molecule has 2 bridgehead atoms. The number of para-hydroxylation sites is 1. The number of nitrogens with two attached hydrogens (primary N) is 1. The number of carbonyl (C=O) groups excluding carboxylic acids is 1. The maximum atomic E-state index is 14.2. The van der Waals surface area contributed by atoms with E-state index in [1.807, 2.05) is 6.92 Å². The molecule has 1 heterocycles. The van der Waals surface area contributed by atoms with E-state index < -0.39 is 0 Å². The standard InChI is InChI=1S/C20H26FN5O.ClH/c1-2-17-23-19(25-26(17)16-9-4-3-8-15(16)21)20(27)24-18-12-6-5-7-13(18)11-14(22)10-12;/h3-4,8-9,12-14,18H,2,5-7,10-11,22H2,1H3,(H,24,27);1H. The van der Waals surface area contributed by atoms with E-state index in [1.54, 1.807) is 18.2 Å². The Bertz CT molecular complexity index is 828. The highest BCUT2D eigenvalue weighted by Crippen LogP contribution is 2.39. The lowest BCUT2D eigenvalue weighted by molar-refractivity contribution is 0.0747. The summed E-state index contributed by atoms with van der Waals surface area (Å²) >= 11 is 0. The van der Waals surface area contributed by atoms with Crippen molar-refractivity contribution in [3.05, 3.63) is 41.7 Å². The van der Waals surface area contributed by atoms with E-state index in [0.29, 0.717) is 29.8 Å². The predicted octanol–water partition coefficient (Wildman–Crippen LogP) is 3.03. The number of hydrogen-bond donors (Lipinski definition) is 2. The molecule has 2 atom stereocenters.